The molecule has 3 aliphatic carbocycles. The SMILES string of the molecule is CCN1CCC2(CC1)CN(C13CC(CS(=O)(=O)O)(C1)C3)C(=O)O2. The highest BCUT2D eigenvalue weighted by molar-refractivity contribution is 7.85. The molecule has 5 rings (SSSR count). The monoisotopic (exact) mass is 344 g/mol. The Morgan fingerprint density at radius 1 is 1.22 bits per heavy atom. The highest BCUT2D eigenvalue weighted by Gasteiger charge is 2.73. The van der Waals surface area contributed by atoms with E-state index in [1.165, 1.54) is 0 Å². The summed E-state index contributed by atoms with van der Waals surface area (Å²) in [7, 11) is -3.94. The van der Waals surface area contributed by atoms with Gasteiger partial charge in [0.15, 0.2) is 0 Å². The number of likely N-dealkylation sites (tertiary alicyclic amines) is 1. The zero-order valence-corrected chi connectivity index (χ0v) is 14.3. The largest absolute Gasteiger partial charge is 0.441 e. The lowest BCUT2D eigenvalue weighted by atomic mass is 9.39. The molecular formula is C15H24N2O5S. The Labute approximate surface area is 136 Å². The fourth-order valence-electron chi connectivity index (χ4n) is 5.29. The van der Waals surface area contributed by atoms with E-state index in [9.17, 15) is 13.2 Å². The van der Waals surface area contributed by atoms with Gasteiger partial charge < -0.3 is 9.64 Å². The number of carbonyl (C=O) groups excluding carboxylic acids is 1. The summed E-state index contributed by atoms with van der Waals surface area (Å²) in [6.07, 6.45) is 3.52. The summed E-state index contributed by atoms with van der Waals surface area (Å²) in [5.41, 5.74) is -0.878. The molecule has 8 heteroatoms. The van der Waals surface area contributed by atoms with Gasteiger partial charge in [0.05, 0.1) is 12.3 Å². The lowest BCUT2D eigenvalue weighted by Gasteiger charge is -2.72. The average Bonchev–Trinajstić information content (AvgIpc) is 2.69. The molecular weight excluding hydrogens is 320 g/mol. The van der Waals surface area contributed by atoms with Crippen molar-refractivity contribution in [3.05, 3.63) is 0 Å². The van der Waals surface area contributed by atoms with Crippen molar-refractivity contribution in [2.24, 2.45) is 5.41 Å². The molecule has 1 N–H and O–H groups in total. The lowest BCUT2D eigenvalue weighted by Crippen LogP contribution is -2.76. The first-order valence-electron chi connectivity index (χ1n) is 8.37. The molecule has 2 saturated heterocycles. The van der Waals surface area contributed by atoms with E-state index in [4.69, 9.17) is 9.29 Å². The number of hydrogen-bond donors (Lipinski definition) is 1. The molecule has 7 nitrogen and oxygen atoms in total. The van der Waals surface area contributed by atoms with Crippen molar-refractivity contribution < 1.29 is 22.5 Å². The first kappa shape index (κ1) is 15.7. The smallest absolute Gasteiger partial charge is 0.410 e. The van der Waals surface area contributed by atoms with Crippen LogP contribution in [0.5, 0.6) is 0 Å². The van der Waals surface area contributed by atoms with Crippen LogP contribution < -0.4 is 0 Å². The van der Waals surface area contributed by atoms with Gasteiger partial charge in [0.25, 0.3) is 10.1 Å². The Balaban J connectivity index is 1.40. The molecule has 0 atom stereocenters. The van der Waals surface area contributed by atoms with Crippen LogP contribution in [0.3, 0.4) is 0 Å². The van der Waals surface area contributed by atoms with Crippen molar-refractivity contribution in [3.63, 3.8) is 0 Å². The maximum atomic E-state index is 12.4. The number of amides is 1. The Kier molecular flexibility index (Phi) is 3.14. The first-order valence-corrected chi connectivity index (χ1v) is 9.98. The summed E-state index contributed by atoms with van der Waals surface area (Å²) in [5.74, 6) is -0.179. The maximum Gasteiger partial charge on any atom is 0.410 e. The average molecular weight is 344 g/mol. The molecule has 2 heterocycles. The number of piperidine rings is 1. The van der Waals surface area contributed by atoms with Crippen LogP contribution in [0.2, 0.25) is 0 Å². The molecule has 0 unspecified atom stereocenters. The number of nitrogens with zero attached hydrogens (tertiary/aromatic N) is 2. The van der Waals surface area contributed by atoms with Gasteiger partial charge in [0.2, 0.25) is 0 Å². The second-order valence-corrected chi connectivity index (χ2v) is 9.50. The predicted molar refractivity (Wildman–Crippen MR) is 82.7 cm³/mol. The number of ether oxygens (including phenoxy) is 1. The van der Waals surface area contributed by atoms with E-state index < -0.39 is 10.1 Å². The van der Waals surface area contributed by atoms with E-state index in [-0.39, 0.29) is 28.4 Å². The Hall–Kier alpha value is -0.860. The van der Waals surface area contributed by atoms with Crippen molar-refractivity contribution in [2.45, 2.75) is 50.2 Å². The third-order valence-corrected chi connectivity index (χ3v) is 7.34. The van der Waals surface area contributed by atoms with Gasteiger partial charge >= 0.3 is 6.09 Å². The molecule has 0 aromatic heterocycles. The first-order chi connectivity index (χ1) is 10.7. The number of hydrogen-bond acceptors (Lipinski definition) is 5. The summed E-state index contributed by atoms with van der Waals surface area (Å²) >= 11 is 0. The van der Waals surface area contributed by atoms with Gasteiger partial charge in [0.1, 0.15) is 5.60 Å². The molecule has 0 aromatic carbocycles. The standard InChI is InChI=1S/C15H24N2O5S/c1-2-16-5-3-15(4-6-16)10-17(12(18)22-15)14-7-13(8-14,9-14)11-23(19,20)21/h2-11H2,1H3,(H,19,20,21). The van der Waals surface area contributed by atoms with Gasteiger partial charge in [-0.25, -0.2) is 4.79 Å². The zero-order valence-electron chi connectivity index (χ0n) is 13.5. The maximum absolute atomic E-state index is 12.4. The second kappa shape index (κ2) is 4.61. The number of rotatable bonds is 4. The molecule has 5 aliphatic rings. The van der Waals surface area contributed by atoms with Gasteiger partial charge in [-0.1, -0.05) is 6.92 Å². The van der Waals surface area contributed by atoms with Crippen LogP contribution in [0.4, 0.5) is 4.79 Å². The van der Waals surface area contributed by atoms with Crippen LogP contribution in [0.15, 0.2) is 0 Å². The highest BCUT2D eigenvalue weighted by Crippen LogP contribution is 2.71. The van der Waals surface area contributed by atoms with E-state index in [0.29, 0.717) is 25.8 Å². The van der Waals surface area contributed by atoms with Crippen molar-refractivity contribution >= 4 is 16.2 Å². The molecule has 3 saturated carbocycles. The predicted octanol–water partition coefficient (Wildman–Crippen LogP) is 1.10. The minimum Gasteiger partial charge on any atom is -0.441 e. The van der Waals surface area contributed by atoms with Crippen LogP contribution in [-0.2, 0) is 14.9 Å². The van der Waals surface area contributed by atoms with Crippen molar-refractivity contribution in [1.29, 1.82) is 0 Å². The minimum absolute atomic E-state index is 0.179. The fraction of sp³-hybridized carbons (Fsp3) is 0.933. The molecule has 2 bridgehead atoms. The van der Waals surface area contributed by atoms with Gasteiger partial charge in [0, 0.05) is 31.5 Å². The second-order valence-electron chi connectivity index (χ2n) is 8.05. The van der Waals surface area contributed by atoms with Crippen molar-refractivity contribution in [1.82, 2.24) is 9.80 Å². The van der Waals surface area contributed by atoms with Gasteiger partial charge in [-0.3, -0.25) is 9.45 Å². The van der Waals surface area contributed by atoms with Crippen LogP contribution in [-0.4, -0.2) is 71.9 Å². The Bertz CT molecular complexity index is 618. The Morgan fingerprint density at radius 2 is 1.83 bits per heavy atom. The molecule has 23 heavy (non-hydrogen) atoms. The van der Waals surface area contributed by atoms with Gasteiger partial charge in [-0.2, -0.15) is 8.42 Å². The van der Waals surface area contributed by atoms with Gasteiger partial charge in [-0.05, 0) is 31.2 Å². The minimum atomic E-state index is -3.94. The normalized spacial score (nSPS) is 39.0. The third kappa shape index (κ3) is 2.37. The summed E-state index contributed by atoms with van der Waals surface area (Å²) in [4.78, 5) is 16.6. The fourth-order valence-corrected chi connectivity index (χ4v) is 6.37. The van der Waals surface area contributed by atoms with Crippen LogP contribution in [0.1, 0.15) is 39.0 Å². The van der Waals surface area contributed by atoms with E-state index >= 15 is 0 Å². The molecule has 0 aromatic rings. The van der Waals surface area contributed by atoms with E-state index in [0.717, 1.165) is 32.5 Å². The number of carbonyl (C=O) groups is 1. The van der Waals surface area contributed by atoms with E-state index in [1.807, 2.05) is 4.90 Å². The molecule has 0 radical (unpaired) electrons. The molecule has 5 fully saturated rings. The molecule has 1 amide bonds. The van der Waals surface area contributed by atoms with Crippen LogP contribution in [0.25, 0.3) is 0 Å². The lowest BCUT2D eigenvalue weighted by molar-refractivity contribution is -0.187. The summed E-state index contributed by atoms with van der Waals surface area (Å²) < 4.78 is 37.0. The van der Waals surface area contributed by atoms with Crippen LogP contribution in [0, 0.1) is 5.41 Å². The van der Waals surface area contributed by atoms with Gasteiger partial charge in [-0.15, -0.1) is 0 Å². The Morgan fingerprint density at radius 3 is 2.35 bits per heavy atom. The zero-order chi connectivity index (χ0) is 16.5. The summed E-state index contributed by atoms with van der Waals surface area (Å²) in [6, 6.07) is 0. The highest BCUT2D eigenvalue weighted by atomic mass is 32.2. The topological polar surface area (TPSA) is 87.2 Å². The molecule has 130 valence electrons. The summed E-state index contributed by atoms with van der Waals surface area (Å²) in [5, 5.41) is 0. The summed E-state index contributed by atoms with van der Waals surface area (Å²) in [6.45, 7) is 5.71. The third-order valence-electron chi connectivity index (χ3n) is 6.36. The molecule has 2 aliphatic heterocycles. The van der Waals surface area contributed by atoms with E-state index in [2.05, 4.69) is 11.8 Å². The quantitative estimate of drug-likeness (QED) is 0.769. The van der Waals surface area contributed by atoms with E-state index in [1.54, 1.807) is 0 Å². The van der Waals surface area contributed by atoms with Crippen LogP contribution >= 0.6 is 0 Å². The van der Waals surface area contributed by atoms with Crippen molar-refractivity contribution in [2.75, 3.05) is 31.9 Å². The molecule has 1 spiro atoms. The van der Waals surface area contributed by atoms with Crippen molar-refractivity contribution in [3.8, 4) is 0 Å².